The van der Waals surface area contributed by atoms with Gasteiger partial charge in [-0.15, -0.1) is 0 Å². The molecule has 0 aliphatic carbocycles. The van der Waals surface area contributed by atoms with Crippen molar-refractivity contribution in [3.05, 3.63) is 12.2 Å². The Morgan fingerprint density at radius 2 is 2.22 bits per heavy atom. The number of hydrogen-bond acceptors (Lipinski definition) is 2. The quantitative estimate of drug-likeness (QED) is 0.425. The molecule has 0 aromatic heterocycles. The van der Waals surface area contributed by atoms with Crippen LogP contribution in [0.25, 0.3) is 0 Å². The van der Waals surface area contributed by atoms with Gasteiger partial charge in [-0.1, -0.05) is 13.0 Å². The summed E-state index contributed by atoms with van der Waals surface area (Å²) in [6, 6.07) is 0. The first kappa shape index (κ1) is 8.21. The average Bonchev–Trinajstić information content (AvgIpc) is 1.85. The second-order valence-electron chi connectivity index (χ2n) is 1.56. The first-order chi connectivity index (χ1) is 4.31. The van der Waals surface area contributed by atoms with Gasteiger partial charge in [-0.3, -0.25) is 0 Å². The Balaban J connectivity index is 3.37. The fraction of sp³-hybridized carbons (Fsp3) is 0.571. The molecule has 0 bridgehead atoms. The van der Waals surface area contributed by atoms with Gasteiger partial charge < -0.3 is 4.74 Å². The van der Waals surface area contributed by atoms with E-state index in [0.717, 1.165) is 6.42 Å². The van der Waals surface area contributed by atoms with E-state index in [1.54, 1.807) is 13.0 Å². The Morgan fingerprint density at radius 1 is 1.56 bits per heavy atom. The number of hydrogen-bond donors (Lipinski definition) is 0. The van der Waals surface area contributed by atoms with E-state index in [2.05, 4.69) is 4.74 Å². The van der Waals surface area contributed by atoms with Gasteiger partial charge in [0, 0.05) is 6.08 Å². The van der Waals surface area contributed by atoms with Crippen LogP contribution in [0.15, 0.2) is 12.2 Å². The van der Waals surface area contributed by atoms with E-state index in [0.29, 0.717) is 6.61 Å². The van der Waals surface area contributed by atoms with Crippen LogP contribution >= 0.6 is 0 Å². The van der Waals surface area contributed by atoms with Crippen molar-refractivity contribution in [2.45, 2.75) is 20.3 Å². The molecule has 2 heteroatoms. The van der Waals surface area contributed by atoms with E-state index in [-0.39, 0.29) is 5.97 Å². The second-order valence-corrected chi connectivity index (χ2v) is 1.56. The number of ether oxygens (including phenoxy) is 1. The third-order valence-electron chi connectivity index (χ3n) is 0.776. The molecule has 0 heterocycles. The Labute approximate surface area is 55.5 Å². The minimum atomic E-state index is -0.251. The van der Waals surface area contributed by atoms with Gasteiger partial charge >= 0.3 is 5.97 Å². The molecular formula is C7H12O2. The maximum Gasteiger partial charge on any atom is 0.330 e. The SMILES string of the molecule is CC/C=C\C(=O)OCC. The van der Waals surface area contributed by atoms with E-state index >= 15 is 0 Å². The van der Waals surface area contributed by atoms with Crippen molar-refractivity contribution in [2.75, 3.05) is 6.61 Å². The summed E-state index contributed by atoms with van der Waals surface area (Å²) in [5.41, 5.74) is 0. The Kier molecular flexibility index (Phi) is 4.88. The van der Waals surface area contributed by atoms with Crippen molar-refractivity contribution >= 4 is 5.97 Å². The molecule has 0 spiro atoms. The molecule has 0 fully saturated rings. The van der Waals surface area contributed by atoms with Crippen LogP contribution in [-0.2, 0) is 9.53 Å². The monoisotopic (exact) mass is 128 g/mol. The summed E-state index contributed by atoms with van der Waals surface area (Å²) in [4.78, 5) is 10.5. The lowest BCUT2D eigenvalue weighted by molar-refractivity contribution is -0.137. The zero-order chi connectivity index (χ0) is 7.11. The molecule has 9 heavy (non-hydrogen) atoms. The van der Waals surface area contributed by atoms with Crippen molar-refractivity contribution in [3.8, 4) is 0 Å². The number of carbonyl (C=O) groups excluding carboxylic acids is 1. The average molecular weight is 128 g/mol. The molecule has 2 nitrogen and oxygen atoms in total. The summed E-state index contributed by atoms with van der Waals surface area (Å²) in [5, 5.41) is 0. The summed E-state index contributed by atoms with van der Waals surface area (Å²) in [6.45, 7) is 4.21. The number of rotatable bonds is 3. The first-order valence-electron chi connectivity index (χ1n) is 3.14. The van der Waals surface area contributed by atoms with Crippen molar-refractivity contribution in [3.63, 3.8) is 0 Å². The van der Waals surface area contributed by atoms with Gasteiger partial charge in [-0.25, -0.2) is 4.79 Å². The summed E-state index contributed by atoms with van der Waals surface area (Å²) >= 11 is 0. The lowest BCUT2D eigenvalue weighted by Crippen LogP contribution is -1.98. The summed E-state index contributed by atoms with van der Waals surface area (Å²) < 4.78 is 4.62. The molecule has 0 radical (unpaired) electrons. The maximum atomic E-state index is 10.5. The van der Waals surface area contributed by atoms with Crippen LogP contribution in [0.2, 0.25) is 0 Å². The highest BCUT2D eigenvalue weighted by atomic mass is 16.5. The molecule has 0 aromatic rings. The van der Waals surface area contributed by atoms with E-state index in [1.807, 2.05) is 6.92 Å². The molecule has 0 aliphatic heterocycles. The van der Waals surface area contributed by atoms with Gasteiger partial charge in [0.25, 0.3) is 0 Å². The maximum absolute atomic E-state index is 10.5. The number of esters is 1. The van der Waals surface area contributed by atoms with Crippen LogP contribution < -0.4 is 0 Å². The van der Waals surface area contributed by atoms with Crippen LogP contribution in [0, 0.1) is 0 Å². The third kappa shape index (κ3) is 5.07. The summed E-state index contributed by atoms with van der Waals surface area (Å²) in [5.74, 6) is -0.251. The second kappa shape index (κ2) is 5.35. The topological polar surface area (TPSA) is 26.3 Å². The first-order valence-corrected chi connectivity index (χ1v) is 3.14. The molecule has 0 aliphatic rings. The lowest BCUT2D eigenvalue weighted by Gasteiger charge is -1.92. The normalized spacial score (nSPS) is 10.0. The van der Waals surface area contributed by atoms with Gasteiger partial charge in [0.05, 0.1) is 6.61 Å². The Hall–Kier alpha value is -0.790. The van der Waals surface area contributed by atoms with Gasteiger partial charge in [0.15, 0.2) is 0 Å². The van der Waals surface area contributed by atoms with E-state index < -0.39 is 0 Å². The predicted molar refractivity (Wildman–Crippen MR) is 36.1 cm³/mol. The molecule has 0 N–H and O–H groups in total. The molecule has 0 unspecified atom stereocenters. The minimum Gasteiger partial charge on any atom is -0.463 e. The van der Waals surface area contributed by atoms with E-state index in [4.69, 9.17) is 0 Å². The van der Waals surface area contributed by atoms with Crippen LogP contribution in [0.3, 0.4) is 0 Å². The molecular weight excluding hydrogens is 116 g/mol. The minimum absolute atomic E-state index is 0.251. The third-order valence-corrected chi connectivity index (χ3v) is 0.776. The molecule has 0 atom stereocenters. The highest BCUT2D eigenvalue weighted by Gasteiger charge is 1.89. The summed E-state index contributed by atoms with van der Waals surface area (Å²) in [7, 11) is 0. The zero-order valence-electron chi connectivity index (χ0n) is 5.89. The van der Waals surface area contributed by atoms with Gasteiger partial charge in [-0.2, -0.15) is 0 Å². The van der Waals surface area contributed by atoms with Crippen LogP contribution in [0.1, 0.15) is 20.3 Å². The standard InChI is InChI=1S/C7H12O2/c1-3-5-6-7(8)9-4-2/h5-6H,3-4H2,1-2H3/b6-5-. The van der Waals surface area contributed by atoms with E-state index in [1.165, 1.54) is 6.08 Å². The molecule has 0 aromatic carbocycles. The van der Waals surface area contributed by atoms with E-state index in [9.17, 15) is 4.79 Å². The molecule has 0 amide bonds. The van der Waals surface area contributed by atoms with Crippen LogP contribution in [0.4, 0.5) is 0 Å². The van der Waals surface area contributed by atoms with Crippen LogP contribution in [0.5, 0.6) is 0 Å². The molecule has 0 saturated carbocycles. The highest BCUT2D eigenvalue weighted by molar-refractivity contribution is 5.81. The number of carbonyl (C=O) groups is 1. The largest absolute Gasteiger partial charge is 0.463 e. The summed E-state index contributed by atoms with van der Waals surface area (Å²) in [6.07, 6.45) is 4.10. The fourth-order valence-corrected chi connectivity index (χ4v) is 0.404. The fourth-order valence-electron chi connectivity index (χ4n) is 0.404. The van der Waals surface area contributed by atoms with Crippen molar-refractivity contribution < 1.29 is 9.53 Å². The zero-order valence-corrected chi connectivity index (χ0v) is 5.89. The smallest absolute Gasteiger partial charge is 0.330 e. The Bertz CT molecular complexity index is 105. The number of allylic oxidation sites excluding steroid dienone is 1. The lowest BCUT2D eigenvalue weighted by atomic mass is 10.4. The molecule has 52 valence electrons. The molecule has 0 rings (SSSR count). The van der Waals surface area contributed by atoms with Gasteiger partial charge in [0.1, 0.15) is 0 Å². The molecule has 0 saturated heterocycles. The predicted octanol–water partition coefficient (Wildman–Crippen LogP) is 1.52. The van der Waals surface area contributed by atoms with Crippen molar-refractivity contribution in [2.24, 2.45) is 0 Å². The highest BCUT2D eigenvalue weighted by Crippen LogP contribution is 1.83. The van der Waals surface area contributed by atoms with Gasteiger partial charge in [0.2, 0.25) is 0 Å². The van der Waals surface area contributed by atoms with Crippen molar-refractivity contribution in [1.82, 2.24) is 0 Å². The van der Waals surface area contributed by atoms with Crippen molar-refractivity contribution in [1.29, 1.82) is 0 Å². The van der Waals surface area contributed by atoms with Gasteiger partial charge in [-0.05, 0) is 13.3 Å². The Morgan fingerprint density at radius 3 is 2.67 bits per heavy atom. The van der Waals surface area contributed by atoms with Crippen LogP contribution in [-0.4, -0.2) is 12.6 Å².